The predicted molar refractivity (Wildman–Crippen MR) is 105 cm³/mol. The Morgan fingerprint density at radius 3 is 2.61 bits per heavy atom. The van der Waals surface area contributed by atoms with Gasteiger partial charge in [0.05, 0.1) is 22.7 Å². The molecule has 28 heavy (non-hydrogen) atoms. The van der Waals surface area contributed by atoms with Gasteiger partial charge in [-0.25, -0.2) is 4.79 Å². The molecule has 0 aliphatic rings. The van der Waals surface area contributed by atoms with E-state index >= 15 is 0 Å². The second-order valence-electron chi connectivity index (χ2n) is 6.05. The van der Waals surface area contributed by atoms with Crippen LogP contribution in [0, 0.1) is 10.1 Å². The Labute approximate surface area is 160 Å². The number of rotatable bonds is 8. The van der Waals surface area contributed by atoms with Crippen molar-refractivity contribution in [2.45, 2.75) is 13.3 Å². The number of aromatic nitrogens is 1. The number of fused-ring (bicyclic) bond motifs is 1. The number of carbonyl (C=O) groups is 2. The maximum absolute atomic E-state index is 12.3. The molecule has 1 aromatic heterocycles. The fourth-order valence-corrected chi connectivity index (χ4v) is 2.91. The lowest BCUT2D eigenvalue weighted by molar-refractivity contribution is -0.384. The summed E-state index contributed by atoms with van der Waals surface area (Å²) < 4.78 is 5.06. The average molecular weight is 381 g/mol. The molecule has 0 spiro atoms. The molecule has 3 rings (SSSR count). The van der Waals surface area contributed by atoms with Crippen molar-refractivity contribution in [1.82, 2.24) is 4.98 Å². The number of benzene rings is 2. The first-order valence-electron chi connectivity index (χ1n) is 8.80. The van der Waals surface area contributed by atoms with E-state index in [-0.39, 0.29) is 30.2 Å². The molecule has 2 aromatic carbocycles. The first kappa shape index (κ1) is 19.1. The van der Waals surface area contributed by atoms with Crippen LogP contribution in [0.3, 0.4) is 0 Å². The van der Waals surface area contributed by atoms with Gasteiger partial charge in [-0.15, -0.1) is 0 Å². The summed E-state index contributed by atoms with van der Waals surface area (Å²) in [7, 11) is 0. The molecular weight excluding hydrogens is 362 g/mol. The summed E-state index contributed by atoms with van der Waals surface area (Å²) in [5, 5.41) is 14.7. The summed E-state index contributed by atoms with van der Waals surface area (Å²) in [5.41, 5.74) is 1.60. The minimum absolute atomic E-state index is 0.0266. The van der Waals surface area contributed by atoms with Gasteiger partial charge in [0.25, 0.3) is 5.69 Å². The first-order valence-corrected chi connectivity index (χ1v) is 8.80. The zero-order valence-corrected chi connectivity index (χ0v) is 15.2. The Kier molecular flexibility index (Phi) is 5.69. The van der Waals surface area contributed by atoms with Gasteiger partial charge in [-0.3, -0.25) is 14.9 Å². The van der Waals surface area contributed by atoms with Gasteiger partial charge in [-0.05, 0) is 13.0 Å². The maximum Gasteiger partial charge on any atom is 0.356 e. The van der Waals surface area contributed by atoms with E-state index in [1.54, 1.807) is 37.3 Å². The summed E-state index contributed by atoms with van der Waals surface area (Å²) in [6.45, 7) is 2.18. The molecule has 0 radical (unpaired) electrons. The molecule has 0 bridgehead atoms. The van der Waals surface area contributed by atoms with Gasteiger partial charge in [0.2, 0.25) is 0 Å². The topological polar surface area (TPSA) is 114 Å². The third-order valence-corrected chi connectivity index (χ3v) is 4.22. The van der Waals surface area contributed by atoms with Crippen LogP contribution in [0.5, 0.6) is 0 Å². The van der Waals surface area contributed by atoms with E-state index in [0.717, 1.165) is 0 Å². The predicted octanol–water partition coefficient (Wildman–Crippen LogP) is 3.94. The van der Waals surface area contributed by atoms with Crippen LogP contribution < -0.4 is 5.32 Å². The van der Waals surface area contributed by atoms with Crippen LogP contribution in [0.2, 0.25) is 0 Å². The van der Waals surface area contributed by atoms with E-state index in [1.165, 1.54) is 12.1 Å². The summed E-state index contributed by atoms with van der Waals surface area (Å²) in [6, 6.07) is 13.2. The third kappa shape index (κ3) is 4.01. The number of Topliss-reactive ketones (excluding diaryl/α,β-unsaturated/α-hetero) is 1. The van der Waals surface area contributed by atoms with Crippen LogP contribution in [-0.2, 0) is 4.74 Å². The Morgan fingerprint density at radius 2 is 1.93 bits per heavy atom. The van der Waals surface area contributed by atoms with Crippen LogP contribution >= 0.6 is 0 Å². The highest BCUT2D eigenvalue weighted by molar-refractivity contribution is 6.06. The lowest BCUT2D eigenvalue weighted by Crippen LogP contribution is -2.12. The van der Waals surface area contributed by atoms with Gasteiger partial charge in [0.1, 0.15) is 5.69 Å². The normalized spacial score (nSPS) is 10.6. The second kappa shape index (κ2) is 8.34. The summed E-state index contributed by atoms with van der Waals surface area (Å²) in [6.07, 6.45) is 0.228. The molecule has 0 fully saturated rings. The quantitative estimate of drug-likeness (QED) is 0.264. The number of non-ortho nitro benzene ring substituents is 1. The molecule has 0 atom stereocenters. The molecule has 0 saturated carbocycles. The fraction of sp³-hybridized carbons (Fsp3) is 0.200. The highest BCUT2D eigenvalue weighted by atomic mass is 16.6. The number of nitro groups is 1. The fourth-order valence-electron chi connectivity index (χ4n) is 2.91. The monoisotopic (exact) mass is 381 g/mol. The number of nitro benzene ring substituents is 1. The van der Waals surface area contributed by atoms with Crippen molar-refractivity contribution >= 4 is 34.0 Å². The van der Waals surface area contributed by atoms with E-state index in [9.17, 15) is 19.7 Å². The lowest BCUT2D eigenvalue weighted by atomic mass is 10.1. The molecule has 8 heteroatoms. The molecule has 1 heterocycles. The molecule has 3 aromatic rings. The highest BCUT2D eigenvalue weighted by Gasteiger charge is 2.20. The van der Waals surface area contributed by atoms with E-state index < -0.39 is 10.9 Å². The number of H-pyrrole nitrogens is 1. The minimum atomic E-state index is -0.571. The van der Waals surface area contributed by atoms with E-state index in [2.05, 4.69) is 10.3 Å². The highest BCUT2D eigenvalue weighted by Crippen LogP contribution is 2.31. The van der Waals surface area contributed by atoms with Crippen molar-refractivity contribution in [3.8, 4) is 0 Å². The minimum Gasteiger partial charge on any atom is -0.461 e. The third-order valence-electron chi connectivity index (χ3n) is 4.22. The van der Waals surface area contributed by atoms with Crippen LogP contribution in [0.1, 0.15) is 34.2 Å². The number of ketones is 1. The number of ether oxygens (including phenoxy) is 1. The molecule has 2 N–H and O–H groups in total. The number of esters is 1. The Hall–Kier alpha value is -3.68. The number of hydrogen-bond donors (Lipinski definition) is 2. The number of hydrogen-bond acceptors (Lipinski definition) is 6. The number of nitrogens with one attached hydrogen (secondary N) is 2. The van der Waals surface area contributed by atoms with Crippen LogP contribution in [-0.4, -0.2) is 34.8 Å². The summed E-state index contributed by atoms with van der Waals surface area (Å²) in [4.78, 5) is 37.9. The van der Waals surface area contributed by atoms with Gasteiger partial charge in [-0.2, -0.15) is 0 Å². The number of nitrogens with zero attached hydrogens (tertiary/aromatic N) is 1. The second-order valence-corrected chi connectivity index (χ2v) is 6.05. The summed E-state index contributed by atoms with van der Waals surface area (Å²) in [5.74, 6) is -0.598. The van der Waals surface area contributed by atoms with E-state index in [4.69, 9.17) is 4.74 Å². The summed E-state index contributed by atoms with van der Waals surface area (Å²) >= 11 is 0. The maximum atomic E-state index is 12.3. The Bertz CT molecular complexity index is 1030. The molecule has 0 unspecified atom stereocenters. The molecule has 0 aliphatic carbocycles. The standard InChI is InChI=1S/C20H19N3O5/c1-2-28-20(25)19-18(15-9-8-14(23(26)27)12-16(15)22-19)21-11-10-17(24)13-6-4-3-5-7-13/h3-9,12,21-22H,2,10-11H2,1H3. The van der Waals surface area contributed by atoms with Crippen molar-refractivity contribution < 1.29 is 19.2 Å². The zero-order valence-electron chi connectivity index (χ0n) is 15.2. The van der Waals surface area contributed by atoms with Gasteiger partial charge in [0.15, 0.2) is 5.78 Å². The average Bonchev–Trinajstić information content (AvgIpc) is 3.06. The van der Waals surface area contributed by atoms with Gasteiger partial charge in [-0.1, -0.05) is 30.3 Å². The van der Waals surface area contributed by atoms with Crippen LogP contribution in [0.4, 0.5) is 11.4 Å². The van der Waals surface area contributed by atoms with Crippen LogP contribution in [0.15, 0.2) is 48.5 Å². The first-order chi connectivity index (χ1) is 13.5. The van der Waals surface area contributed by atoms with Crippen molar-refractivity contribution in [1.29, 1.82) is 0 Å². The molecule has 0 aliphatic heterocycles. The zero-order chi connectivity index (χ0) is 20.1. The van der Waals surface area contributed by atoms with E-state index in [0.29, 0.717) is 28.7 Å². The molecule has 8 nitrogen and oxygen atoms in total. The van der Waals surface area contributed by atoms with Crippen molar-refractivity contribution in [2.75, 3.05) is 18.5 Å². The SMILES string of the molecule is CCOC(=O)c1[nH]c2cc([N+](=O)[O-])ccc2c1NCCC(=O)c1ccccc1. The van der Waals surface area contributed by atoms with E-state index in [1.807, 2.05) is 6.07 Å². The Balaban J connectivity index is 1.85. The molecule has 0 saturated heterocycles. The number of aromatic amines is 1. The largest absolute Gasteiger partial charge is 0.461 e. The van der Waals surface area contributed by atoms with Gasteiger partial charge < -0.3 is 15.0 Å². The molecular formula is C20H19N3O5. The number of carbonyl (C=O) groups excluding carboxylic acids is 2. The van der Waals surface area contributed by atoms with Crippen LogP contribution in [0.25, 0.3) is 10.9 Å². The Morgan fingerprint density at radius 1 is 1.18 bits per heavy atom. The molecule has 0 amide bonds. The molecule has 144 valence electrons. The van der Waals surface area contributed by atoms with Gasteiger partial charge >= 0.3 is 5.97 Å². The number of anilines is 1. The van der Waals surface area contributed by atoms with Crippen molar-refractivity contribution in [3.05, 3.63) is 69.9 Å². The smallest absolute Gasteiger partial charge is 0.356 e. The van der Waals surface area contributed by atoms with Crippen molar-refractivity contribution in [3.63, 3.8) is 0 Å². The van der Waals surface area contributed by atoms with Crippen molar-refractivity contribution in [2.24, 2.45) is 0 Å². The van der Waals surface area contributed by atoms with Gasteiger partial charge in [0, 0.05) is 36.0 Å². The lowest BCUT2D eigenvalue weighted by Gasteiger charge is -2.08.